The molecular weight excluding hydrogens is 174 g/mol. The molecule has 3 N–H and O–H groups in total. The van der Waals surface area contributed by atoms with Crippen molar-refractivity contribution in [2.24, 2.45) is 0 Å². The van der Waals surface area contributed by atoms with E-state index in [-0.39, 0.29) is 5.69 Å². The molecule has 0 spiro atoms. The first kappa shape index (κ1) is 9.92. The summed E-state index contributed by atoms with van der Waals surface area (Å²) in [5, 5.41) is 2.91. The van der Waals surface area contributed by atoms with Crippen molar-refractivity contribution in [2.75, 3.05) is 19.3 Å². The largest absolute Gasteiger partial charge is 0.396 e. The summed E-state index contributed by atoms with van der Waals surface area (Å²) in [5.74, 6) is -1.85. The zero-order chi connectivity index (χ0) is 9.84. The molecule has 1 rings (SSSR count). The van der Waals surface area contributed by atoms with Gasteiger partial charge in [-0.3, -0.25) is 0 Å². The zero-order valence-corrected chi connectivity index (χ0v) is 7.40. The molecular formula is C9H12F2N2. The zero-order valence-electron chi connectivity index (χ0n) is 7.40. The third-order valence-electron chi connectivity index (χ3n) is 1.78. The van der Waals surface area contributed by atoms with Gasteiger partial charge in [-0.2, -0.15) is 0 Å². The van der Waals surface area contributed by atoms with Crippen LogP contribution >= 0.6 is 0 Å². The van der Waals surface area contributed by atoms with Crippen molar-refractivity contribution in [1.29, 1.82) is 0 Å². The van der Waals surface area contributed by atoms with E-state index >= 15 is 0 Å². The van der Waals surface area contributed by atoms with E-state index in [1.165, 1.54) is 12.1 Å². The minimum Gasteiger partial charge on any atom is -0.396 e. The first-order chi connectivity index (χ1) is 6.15. The molecule has 0 heterocycles. The standard InChI is InChI=1S/C9H12F2N2/c1-13-3-2-6-4-7(10)9(11)8(12)5-6/h4-5,13H,2-3,12H2,1H3. The molecule has 4 heteroatoms. The molecule has 0 radical (unpaired) electrons. The van der Waals surface area contributed by atoms with Gasteiger partial charge in [-0.1, -0.05) is 0 Å². The van der Waals surface area contributed by atoms with Crippen LogP contribution in [-0.2, 0) is 6.42 Å². The predicted molar refractivity (Wildman–Crippen MR) is 48.4 cm³/mol. The Morgan fingerprint density at radius 2 is 2.08 bits per heavy atom. The number of nitrogens with one attached hydrogen (secondary N) is 1. The Hall–Kier alpha value is -1.16. The number of nitrogen functional groups attached to an aromatic ring is 1. The molecule has 1 aromatic carbocycles. The third kappa shape index (κ3) is 2.39. The molecule has 0 saturated heterocycles. The Kier molecular flexibility index (Phi) is 3.19. The smallest absolute Gasteiger partial charge is 0.181 e. The van der Waals surface area contributed by atoms with Crippen LogP contribution in [0.25, 0.3) is 0 Å². The molecule has 72 valence electrons. The summed E-state index contributed by atoms with van der Waals surface area (Å²) in [6.45, 7) is 0.713. The van der Waals surface area contributed by atoms with Crippen LogP contribution in [0.5, 0.6) is 0 Å². The normalized spacial score (nSPS) is 10.4. The van der Waals surface area contributed by atoms with Crippen LogP contribution in [0.4, 0.5) is 14.5 Å². The fourth-order valence-electron chi connectivity index (χ4n) is 1.08. The maximum absolute atomic E-state index is 12.8. The lowest BCUT2D eigenvalue weighted by atomic mass is 10.1. The highest BCUT2D eigenvalue weighted by atomic mass is 19.2. The van der Waals surface area contributed by atoms with Crippen molar-refractivity contribution in [3.05, 3.63) is 29.3 Å². The van der Waals surface area contributed by atoms with Crippen LogP contribution in [0.3, 0.4) is 0 Å². The van der Waals surface area contributed by atoms with Crippen molar-refractivity contribution in [2.45, 2.75) is 6.42 Å². The van der Waals surface area contributed by atoms with Gasteiger partial charge in [0.25, 0.3) is 0 Å². The molecule has 13 heavy (non-hydrogen) atoms. The number of hydrogen-bond donors (Lipinski definition) is 2. The van der Waals surface area contributed by atoms with Crippen LogP contribution in [0.1, 0.15) is 5.56 Å². The van der Waals surface area contributed by atoms with E-state index in [0.717, 1.165) is 0 Å². The highest BCUT2D eigenvalue weighted by Crippen LogP contribution is 2.16. The highest BCUT2D eigenvalue weighted by molar-refractivity contribution is 5.43. The van der Waals surface area contributed by atoms with Gasteiger partial charge in [0.05, 0.1) is 5.69 Å². The van der Waals surface area contributed by atoms with Gasteiger partial charge >= 0.3 is 0 Å². The summed E-state index contributed by atoms with van der Waals surface area (Å²) >= 11 is 0. The average Bonchev–Trinajstić information content (AvgIpc) is 2.10. The first-order valence-corrected chi connectivity index (χ1v) is 4.03. The van der Waals surface area contributed by atoms with Crippen LogP contribution in [0.15, 0.2) is 12.1 Å². The number of benzene rings is 1. The van der Waals surface area contributed by atoms with Gasteiger partial charge in [0, 0.05) is 0 Å². The molecule has 0 saturated carbocycles. The van der Waals surface area contributed by atoms with Crippen LogP contribution in [0, 0.1) is 11.6 Å². The second kappa shape index (κ2) is 4.18. The number of likely N-dealkylation sites (N-methyl/N-ethyl adjacent to an activating group) is 1. The summed E-state index contributed by atoms with van der Waals surface area (Å²) in [5.41, 5.74) is 5.82. The van der Waals surface area contributed by atoms with Gasteiger partial charge in [0.1, 0.15) is 0 Å². The SMILES string of the molecule is CNCCc1cc(N)c(F)c(F)c1. The van der Waals surface area contributed by atoms with E-state index in [4.69, 9.17) is 5.73 Å². The third-order valence-corrected chi connectivity index (χ3v) is 1.78. The Balaban J connectivity index is 2.86. The van der Waals surface area contributed by atoms with Crippen molar-refractivity contribution >= 4 is 5.69 Å². The van der Waals surface area contributed by atoms with Crippen molar-refractivity contribution < 1.29 is 8.78 Å². The molecule has 1 aromatic rings. The number of rotatable bonds is 3. The molecule has 0 aliphatic heterocycles. The van der Waals surface area contributed by atoms with Gasteiger partial charge in [-0.15, -0.1) is 0 Å². The second-order valence-corrected chi connectivity index (χ2v) is 2.83. The van der Waals surface area contributed by atoms with Crippen molar-refractivity contribution in [1.82, 2.24) is 5.32 Å². The lowest BCUT2D eigenvalue weighted by molar-refractivity contribution is 0.510. The highest BCUT2D eigenvalue weighted by Gasteiger charge is 2.07. The lowest BCUT2D eigenvalue weighted by Gasteiger charge is -2.04. The van der Waals surface area contributed by atoms with Crippen LogP contribution in [-0.4, -0.2) is 13.6 Å². The maximum atomic E-state index is 12.8. The van der Waals surface area contributed by atoms with Crippen LogP contribution < -0.4 is 11.1 Å². The van der Waals surface area contributed by atoms with E-state index in [0.29, 0.717) is 18.5 Å². The Bertz CT molecular complexity index is 277. The minimum absolute atomic E-state index is 0.133. The minimum atomic E-state index is -0.965. The van der Waals surface area contributed by atoms with Gasteiger partial charge in [-0.25, -0.2) is 8.78 Å². The lowest BCUT2D eigenvalue weighted by Crippen LogP contribution is -2.11. The van der Waals surface area contributed by atoms with Crippen molar-refractivity contribution in [3.8, 4) is 0 Å². The summed E-state index contributed by atoms with van der Waals surface area (Å²) in [6.07, 6.45) is 0.637. The Morgan fingerprint density at radius 1 is 1.38 bits per heavy atom. The topological polar surface area (TPSA) is 38.0 Å². The maximum Gasteiger partial charge on any atom is 0.181 e. The van der Waals surface area contributed by atoms with Gasteiger partial charge in [0.15, 0.2) is 11.6 Å². The molecule has 0 atom stereocenters. The van der Waals surface area contributed by atoms with E-state index in [1.54, 1.807) is 7.05 Å². The van der Waals surface area contributed by atoms with E-state index < -0.39 is 11.6 Å². The van der Waals surface area contributed by atoms with Crippen molar-refractivity contribution in [3.63, 3.8) is 0 Å². The molecule has 0 aliphatic carbocycles. The monoisotopic (exact) mass is 186 g/mol. The average molecular weight is 186 g/mol. The second-order valence-electron chi connectivity index (χ2n) is 2.83. The Labute approximate surface area is 75.7 Å². The molecule has 0 amide bonds. The van der Waals surface area contributed by atoms with Gasteiger partial charge in [-0.05, 0) is 37.7 Å². The fraction of sp³-hybridized carbons (Fsp3) is 0.333. The number of hydrogen-bond acceptors (Lipinski definition) is 2. The summed E-state index contributed by atoms with van der Waals surface area (Å²) in [4.78, 5) is 0. The van der Waals surface area contributed by atoms with Crippen LogP contribution in [0.2, 0.25) is 0 Å². The Morgan fingerprint density at radius 3 is 2.62 bits per heavy atom. The quantitative estimate of drug-likeness (QED) is 0.698. The number of anilines is 1. The predicted octanol–water partition coefficient (Wildman–Crippen LogP) is 1.31. The molecule has 0 fully saturated rings. The summed E-state index contributed by atoms with van der Waals surface area (Å²) < 4.78 is 25.5. The first-order valence-electron chi connectivity index (χ1n) is 4.03. The van der Waals surface area contributed by atoms with E-state index in [2.05, 4.69) is 5.32 Å². The molecule has 0 aliphatic rings. The molecule has 0 aromatic heterocycles. The molecule has 0 bridgehead atoms. The molecule has 2 nitrogen and oxygen atoms in total. The van der Waals surface area contributed by atoms with E-state index in [9.17, 15) is 8.78 Å². The van der Waals surface area contributed by atoms with E-state index in [1.807, 2.05) is 0 Å². The summed E-state index contributed by atoms with van der Waals surface area (Å²) in [7, 11) is 1.79. The van der Waals surface area contributed by atoms with Gasteiger partial charge < -0.3 is 11.1 Å². The summed E-state index contributed by atoms with van der Waals surface area (Å²) in [6, 6.07) is 2.62. The number of halogens is 2. The van der Waals surface area contributed by atoms with Gasteiger partial charge in [0.2, 0.25) is 0 Å². The fourth-order valence-corrected chi connectivity index (χ4v) is 1.08. The number of nitrogens with two attached hydrogens (primary N) is 1. The molecule has 0 unspecified atom stereocenters.